The van der Waals surface area contributed by atoms with Crippen molar-refractivity contribution in [3.8, 4) is 11.1 Å². The first-order valence-corrected chi connectivity index (χ1v) is 23.2. The Morgan fingerprint density at radius 2 is 1.42 bits per heavy atom. The molecule has 0 spiro atoms. The number of rotatable bonds is 23. The van der Waals surface area contributed by atoms with E-state index < -0.39 is 101 Å². The Labute approximate surface area is 377 Å². The van der Waals surface area contributed by atoms with Crippen molar-refractivity contribution >= 4 is 51.2 Å². The molecule has 0 radical (unpaired) electrons. The summed E-state index contributed by atoms with van der Waals surface area (Å²) in [5.41, 5.74) is 1.23. The number of carbonyl (C=O) groups is 7. The normalized spacial score (nSPS) is 15.4. The van der Waals surface area contributed by atoms with Crippen LogP contribution in [-0.2, 0) is 38.8 Å². The SMILES string of the molecule is CC[C@H](C)C(NC(=O)[C@H](CC(C)C)NC(=O)c1cnccn1)C(=O)N[C@@H](CC1CCCCC1)C(=O)N[C@@H](CC(F)F)C(=O)C(=O)NCC(=O)NS(=O)(=O)c1cccc(-c2ccccc2)c1. The van der Waals surface area contributed by atoms with Gasteiger partial charge in [0.15, 0.2) is 0 Å². The highest BCUT2D eigenvalue weighted by molar-refractivity contribution is 7.90. The zero-order chi connectivity index (χ0) is 47.7. The number of benzene rings is 2. The lowest BCUT2D eigenvalue weighted by Gasteiger charge is -2.31. The van der Waals surface area contributed by atoms with Gasteiger partial charge in [-0.2, -0.15) is 0 Å². The van der Waals surface area contributed by atoms with Crippen LogP contribution in [0, 0.1) is 17.8 Å². The van der Waals surface area contributed by atoms with Gasteiger partial charge in [0.25, 0.3) is 27.7 Å². The van der Waals surface area contributed by atoms with E-state index in [-0.39, 0.29) is 35.3 Å². The number of ketones is 1. The minimum atomic E-state index is -4.45. The van der Waals surface area contributed by atoms with Crippen molar-refractivity contribution in [2.45, 2.75) is 121 Å². The average Bonchev–Trinajstić information content (AvgIpc) is 3.29. The van der Waals surface area contributed by atoms with Crippen LogP contribution in [0.4, 0.5) is 8.78 Å². The van der Waals surface area contributed by atoms with Crippen LogP contribution in [0.1, 0.15) is 96.0 Å². The fourth-order valence-electron chi connectivity index (χ4n) is 7.36. The van der Waals surface area contributed by atoms with Gasteiger partial charge < -0.3 is 26.6 Å². The van der Waals surface area contributed by atoms with Gasteiger partial charge in [0.2, 0.25) is 29.9 Å². The zero-order valence-corrected chi connectivity index (χ0v) is 37.7. The lowest BCUT2D eigenvalue weighted by atomic mass is 9.84. The third kappa shape index (κ3) is 16.1. The molecule has 2 aromatic carbocycles. The Bertz CT molecular complexity index is 2230. The molecule has 0 bridgehead atoms. The van der Waals surface area contributed by atoms with Gasteiger partial charge in [-0.25, -0.2) is 26.9 Å². The molecule has 6 amide bonds. The number of nitrogens with zero attached hydrogens (tertiary/aromatic N) is 2. The minimum Gasteiger partial charge on any atom is -0.344 e. The van der Waals surface area contributed by atoms with Crippen molar-refractivity contribution in [1.29, 1.82) is 0 Å². The van der Waals surface area contributed by atoms with Crippen LogP contribution < -0.4 is 31.3 Å². The second kappa shape index (κ2) is 24.8. The van der Waals surface area contributed by atoms with Crippen LogP contribution in [-0.4, -0.2) is 96.7 Å². The van der Waals surface area contributed by atoms with E-state index in [1.54, 1.807) is 55.0 Å². The maximum Gasteiger partial charge on any atom is 0.290 e. The van der Waals surface area contributed by atoms with E-state index in [1.807, 2.05) is 19.2 Å². The third-order valence-corrected chi connectivity index (χ3v) is 12.4. The van der Waals surface area contributed by atoms with E-state index in [4.69, 9.17) is 0 Å². The molecule has 4 rings (SSSR count). The number of halogens is 2. The van der Waals surface area contributed by atoms with Gasteiger partial charge >= 0.3 is 0 Å². The van der Waals surface area contributed by atoms with Gasteiger partial charge in [0.05, 0.1) is 17.6 Å². The molecule has 1 aliphatic rings. The molecular weight excluding hydrogens is 867 g/mol. The predicted molar refractivity (Wildman–Crippen MR) is 235 cm³/mol. The lowest BCUT2D eigenvalue weighted by Crippen LogP contribution is -2.60. The molecule has 1 fully saturated rings. The van der Waals surface area contributed by atoms with Crippen molar-refractivity contribution in [2.75, 3.05) is 6.54 Å². The van der Waals surface area contributed by atoms with Crippen LogP contribution in [0.25, 0.3) is 11.1 Å². The first kappa shape index (κ1) is 51.5. The third-order valence-electron chi connectivity index (χ3n) is 11.0. The van der Waals surface area contributed by atoms with E-state index in [2.05, 4.69) is 31.2 Å². The van der Waals surface area contributed by atoms with Gasteiger partial charge in [0, 0.05) is 18.8 Å². The predicted octanol–water partition coefficient (Wildman–Crippen LogP) is 3.60. The van der Waals surface area contributed by atoms with Crippen LogP contribution in [0.15, 0.2) is 78.1 Å². The first-order chi connectivity index (χ1) is 30.9. The van der Waals surface area contributed by atoms with Crippen molar-refractivity contribution in [1.82, 2.24) is 41.3 Å². The molecule has 1 aromatic heterocycles. The molecule has 352 valence electrons. The molecule has 17 nitrogen and oxygen atoms in total. The molecule has 0 aliphatic heterocycles. The molecule has 5 atom stereocenters. The number of hydrogen-bond donors (Lipinski definition) is 6. The Balaban J connectivity index is 1.47. The van der Waals surface area contributed by atoms with Gasteiger partial charge in [-0.05, 0) is 53.9 Å². The molecule has 6 N–H and O–H groups in total. The van der Waals surface area contributed by atoms with E-state index in [1.165, 1.54) is 36.8 Å². The highest BCUT2D eigenvalue weighted by Gasteiger charge is 2.37. The first-order valence-electron chi connectivity index (χ1n) is 21.7. The number of hydrogen-bond acceptors (Lipinski definition) is 11. The maximum absolute atomic E-state index is 14.1. The van der Waals surface area contributed by atoms with Crippen LogP contribution in [0.3, 0.4) is 0 Å². The average molecular weight is 925 g/mol. The number of amides is 6. The summed E-state index contributed by atoms with van der Waals surface area (Å²) < 4.78 is 55.7. The number of alkyl halides is 2. The standard InChI is InChI=1S/C45H58F2N8O9S/c1-5-28(4)39(54-42(59)34(21-27(2)3)52-43(60)36-25-48-19-20-49-36)44(61)53-35(22-29-13-8-6-9-14-29)41(58)51-33(24-37(46)47)40(57)45(62)50-26-38(56)55-65(63,64)32-18-12-17-31(23-32)30-15-10-7-11-16-30/h7,10-12,15-20,23,25,27-29,33-35,37,39H,5-6,8-9,13-14,21-22,24,26H2,1-4H3,(H,50,62)(H,51,58)(H,52,60)(H,53,61)(H,54,59)(H,55,56)/t28-,33-,34-,35-,39?/m0/s1. The van der Waals surface area contributed by atoms with Crippen molar-refractivity contribution in [2.24, 2.45) is 17.8 Å². The Hall–Kier alpha value is -6.18. The number of Topliss-reactive ketones (excluding diaryl/α,β-unsaturated/α-hetero) is 1. The number of carbonyl (C=O) groups excluding carboxylic acids is 7. The summed E-state index contributed by atoms with van der Waals surface area (Å²) in [6.07, 6.45) is 4.13. The second-order valence-corrected chi connectivity index (χ2v) is 18.3. The zero-order valence-electron chi connectivity index (χ0n) is 36.9. The number of aromatic nitrogens is 2. The number of nitrogens with one attached hydrogen (secondary N) is 6. The van der Waals surface area contributed by atoms with Crippen molar-refractivity contribution < 1.29 is 50.8 Å². The molecule has 65 heavy (non-hydrogen) atoms. The second-order valence-electron chi connectivity index (χ2n) is 16.6. The lowest BCUT2D eigenvalue weighted by molar-refractivity contribution is -0.141. The highest BCUT2D eigenvalue weighted by Crippen LogP contribution is 2.28. The van der Waals surface area contributed by atoms with Crippen LogP contribution in [0.2, 0.25) is 0 Å². The Kier molecular flexibility index (Phi) is 19.6. The summed E-state index contributed by atoms with van der Waals surface area (Å²) in [5, 5.41) is 12.2. The summed E-state index contributed by atoms with van der Waals surface area (Å²) in [6.45, 7) is 6.13. The van der Waals surface area contributed by atoms with E-state index in [9.17, 15) is 50.8 Å². The fourth-order valence-corrected chi connectivity index (χ4v) is 8.39. The Morgan fingerprint density at radius 3 is 2.05 bits per heavy atom. The molecular formula is C45H58F2N8O9S. The van der Waals surface area contributed by atoms with Gasteiger partial charge in [-0.15, -0.1) is 0 Å². The van der Waals surface area contributed by atoms with Gasteiger partial charge in [-0.1, -0.05) is 109 Å². The monoisotopic (exact) mass is 924 g/mol. The van der Waals surface area contributed by atoms with Crippen LogP contribution >= 0.6 is 0 Å². The van der Waals surface area contributed by atoms with Crippen molar-refractivity contribution in [3.05, 3.63) is 78.9 Å². The van der Waals surface area contributed by atoms with Gasteiger partial charge in [-0.3, -0.25) is 38.5 Å². The summed E-state index contributed by atoms with van der Waals surface area (Å²) >= 11 is 0. The largest absolute Gasteiger partial charge is 0.344 e. The fraction of sp³-hybridized carbons (Fsp3) is 0.489. The molecule has 0 saturated heterocycles. The Morgan fingerprint density at radius 1 is 0.754 bits per heavy atom. The summed E-state index contributed by atoms with van der Waals surface area (Å²) in [4.78, 5) is 101. The molecule has 3 aromatic rings. The minimum absolute atomic E-state index is 0.0271. The van der Waals surface area contributed by atoms with E-state index in [0.29, 0.717) is 30.4 Å². The molecule has 20 heteroatoms. The van der Waals surface area contributed by atoms with Crippen LogP contribution in [0.5, 0.6) is 0 Å². The van der Waals surface area contributed by atoms with Gasteiger partial charge in [0.1, 0.15) is 29.9 Å². The summed E-state index contributed by atoms with van der Waals surface area (Å²) in [6, 6.07) is 8.74. The maximum atomic E-state index is 14.1. The smallest absolute Gasteiger partial charge is 0.290 e. The van der Waals surface area contributed by atoms with E-state index in [0.717, 1.165) is 19.3 Å². The molecule has 1 saturated carbocycles. The van der Waals surface area contributed by atoms with Crippen molar-refractivity contribution in [3.63, 3.8) is 0 Å². The topological polar surface area (TPSA) is 252 Å². The summed E-state index contributed by atoms with van der Waals surface area (Å²) in [5.74, 6) is -8.15. The summed E-state index contributed by atoms with van der Waals surface area (Å²) in [7, 11) is -4.45. The van der Waals surface area contributed by atoms with E-state index >= 15 is 0 Å². The molecule has 1 aliphatic carbocycles. The molecule has 1 unspecified atom stereocenters. The molecule has 1 heterocycles. The highest BCUT2D eigenvalue weighted by atomic mass is 32.2. The quantitative estimate of drug-likeness (QED) is 0.0750. The number of sulfonamides is 1.